The summed E-state index contributed by atoms with van der Waals surface area (Å²) in [4.78, 5) is 29.4. The number of aromatic nitrogens is 3. The summed E-state index contributed by atoms with van der Waals surface area (Å²) in [6, 6.07) is 5.72. The first-order valence-corrected chi connectivity index (χ1v) is 9.63. The minimum Gasteiger partial charge on any atom is -0.351 e. The number of aromatic amines is 1. The molecular weight excluding hydrogens is 413 g/mol. The summed E-state index contributed by atoms with van der Waals surface area (Å²) in [5.41, 5.74) is 3.92. The quantitative estimate of drug-likeness (QED) is 0.286. The highest BCUT2D eigenvalue weighted by Gasteiger charge is 2.25. The number of hydroxylamine groups is 1. The highest BCUT2D eigenvalue weighted by molar-refractivity contribution is 6.31. The van der Waals surface area contributed by atoms with E-state index in [1.807, 2.05) is 0 Å². The van der Waals surface area contributed by atoms with Crippen LogP contribution in [0.5, 0.6) is 0 Å². The van der Waals surface area contributed by atoms with Crippen LogP contribution < -0.4 is 10.8 Å². The van der Waals surface area contributed by atoms with Gasteiger partial charge in [0.2, 0.25) is 11.9 Å². The number of imidazole rings is 1. The second kappa shape index (κ2) is 8.25. The van der Waals surface area contributed by atoms with Gasteiger partial charge in [0, 0.05) is 37.8 Å². The molecule has 1 aromatic carbocycles. The first kappa shape index (κ1) is 20.0. The molecule has 0 saturated carbocycles. The van der Waals surface area contributed by atoms with Crippen LogP contribution in [0.3, 0.4) is 0 Å². The fourth-order valence-corrected chi connectivity index (χ4v) is 3.54. The molecule has 30 heavy (non-hydrogen) atoms. The summed E-state index contributed by atoms with van der Waals surface area (Å²) < 4.78 is 13.4. The van der Waals surface area contributed by atoms with E-state index in [0.29, 0.717) is 41.5 Å². The van der Waals surface area contributed by atoms with Crippen LogP contribution in [0.4, 0.5) is 16.0 Å². The van der Waals surface area contributed by atoms with Crippen LogP contribution in [0.15, 0.2) is 35.5 Å². The third-order valence-electron chi connectivity index (χ3n) is 4.87. The number of H-pyrrole nitrogens is 1. The van der Waals surface area contributed by atoms with Crippen LogP contribution in [0.25, 0.3) is 11.2 Å². The summed E-state index contributed by atoms with van der Waals surface area (Å²) in [5, 5.41) is 12.9. The van der Waals surface area contributed by atoms with E-state index in [1.165, 1.54) is 18.2 Å². The Morgan fingerprint density at radius 3 is 2.97 bits per heavy atom. The summed E-state index contributed by atoms with van der Waals surface area (Å²) in [7, 11) is 0. The highest BCUT2D eigenvalue weighted by atomic mass is 35.5. The Labute approximate surface area is 176 Å². The van der Waals surface area contributed by atoms with Gasteiger partial charge < -0.3 is 15.2 Å². The van der Waals surface area contributed by atoms with Gasteiger partial charge in [0.1, 0.15) is 5.82 Å². The smallest absolute Gasteiger partial charge is 0.219 e. The predicted octanol–water partition coefficient (Wildman–Crippen LogP) is 2.84. The third kappa shape index (κ3) is 4.05. The summed E-state index contributed by atoms with van der Waals surface area (Å²) in [5.74, 6) is 0.106. The molecule has 9 nitrogen and oxygen atoms in total. The highest BCUT2D eigenvalue weighted by Crippen LogP contribution is 2.24. The summed E-state index contributed by atoms with van der Waals surface area (Å²) >= 11 is 5.81. The number of hydrogen-bond acceptors (Lipinski definition) is 6. The van der Waals surface area contributed by atoms with Gasteiger partial charge in [0.15, 0.2) is 11.5 Å². The van der Waals surface area contributed by atoms with Crippen molar-refractivity contribution in [1.82, 2.24) is 25.3 Å². The van der Waals surface area contributed by atoms with E-state index in [9.17, 15) is 14.4 Å². The van der Waals surface area contributed by atoms with Crippen molar-refractivity contribution in [2.45, 2.75) is 19.4 Å². The molecule has 4 rings (SSSR count). The number of carbonyl (C=O) groups is 1. The maximum atomic E-state index is 13.4. The largest absolute Gasteiger partial charge is 0.351 e. The van der Waals surface area contributed by atoms with Crippen LogP contribution in [-0.4, -0.2) is 55.9 Å². The van der Waals surface area contributed by atoms with Crippen molar-refractivity contribution >= 4 is 46.1 Å². The molecular formula is C19H19ClFN7O2. The number of anilines is 1. The molecule has 3 heterocycles. The number of rotatable bonds is 4. The van der Waals surface area contributed by atoms with Crippen molar-refractivity contribution in [2.24, 2.45) is 4.99 Å². The zero-order valence-corrected chi connectivity index (χ0v) is 16.7. The molecule has 1 amide bonds. The van der Waals surface area contributed by atoms with Crippen molar-refractivity contribution in [3.63, 3.8) is 0 Å². The SMILES string of the molecule is CC(=O)N1CCC(Nc2nc3nccc(C(=Nc4ccc(F)c(Cl)c4)NO)c3[nH]2)C1. The second-order valence-corrected chi connectivity index (χ2v) is 7.32. The fraction of sp³-hybridized carbons (Fsp3) is 0.263. The zero-order valence-electron chi connectivity index (χ0n) is 16.0. The van der Waals surface area contributed by atoms with Gasteiger partial charge in [-0.05, 0) is 30.7 Å². The van der Waals surface area contributed by atoms with Crippen molar-refractivity contribution < 1.29 is 14.4 Å². The molecule has 0 bridgehead atoms. The molecule has 156 valence electrons. The molecule has 0 spiro atoms. The minimum atomic E-state index is -0.556. The lowest BCUT2D eigenvalue weighted by atomic mass is 10.2. The van der Waals surface area contributed by atoms with E-state index in [-0.39, 0.29) is 22.8 Å². The molecule has 2 aromatic heterocycles. The van der Waals surface area contributed by atoms with Gasteiger partial charge in [-0.25, -0.2) is 14.4 Å². The molecule has 1 fully saturated rings. The van der Waals surface area contributed by atoms with Gasteiger partial charge in [0.25, 0.3) is 0 Å². The monoisotopic (exact) mass is 431 g/mol. The first-order chi connectivity index (χ1) is 14.4. The molecule has 11 heteroatoms. The Balaban J connectivity index is 1.63. The van der Waals surface area contributed by atoms with Crippen molar-refractivity contribution in [3.05, 3.63) is 46.9 Å². The Hall–Kier alpha value is -3.24. The van der Waals surface area contributed by atoms with Gasteiger partial charge in [0.05, 0.1) is 16.2 Å². The fourth-order valence-electron chi connectivity index (χ4n) is 3.36. The summed E-state index contributed by atoms with van der Waals surface area (Å²) in [6.45, 7) is 2.85. The maximum absolute atomic E-state index is 13.4. The normalized spacial score (nSPS) is 16.9. The summed E-state index contributed by atoms with van der Waals surface area (Å²) in [6.07, 6.45) is 2.35. The Kier molecular flexibility index (Phi) is 5.51. The number of hydrogen-bond donors (Lipinski definition) is 4. The Bertz CT molecular complexity index is 1130. The predicted molar refractivity (Wildman–Crippen MR) is 111 cm³/mol. The van der Waals surface area contributed by atoms with Crippen molar-refractivity contribution in [3.8, 4) is 0 Å². The van der Waals surface area contributed by atoms with Gasteiger partial charge in [-0.15, -0.1) is 0 Å². The zero-order chi connectivity index (χ0) is 21.3. The number of aliphatic imine (C=N–C) groups is 1. The number of amides is 1. The molecule has 0 aliphatic carbocycles. The van der Waals surface area contributed by atoms with Crippen LogP contribution in [0.1, 0.15) is 18.9 Å². The van der Waals surface area contributed by atoms with E-state index in [4.69, 9.17) is 11.6 Å². The van der Waals surface area contributed by atoms with E-state index in [0.717, 1.165) is 6.42 Å². The lowest BCUT2D eigenvalue weighted by Crippen LogP contribution is -2.29. The number of benzene rings is 1. The number of pyridine rings is 1. The molecule has 1 atom stereocenters. The van der Waals surface area contributed by atoms with Crippen LogP contribution in [0, 0.1) is 5.82 Å². The standard InChI is InChI=1S/C19H19ClFN7O2/c1-10(29)28-7-5-12(9-28)24-19-25-16-13(4-6-22-18(16)26-19)17(27-30)23-11-2-3-15(21)14(20)8-11/h2-4,6,8,12,30H,5,7,9H2,1H3,(H,23,27)(H2,22,24,25,26). The van der Waals surface area contributed by atoms with Crippen LogP contribution in [0.2, 0.25) is 5.02 Å². The molecule has 1 aliphatic heterocycles. The van der Waals surface area contributed by atoms with Crippen LogP contribution >= 0.6 is 11.6 Å². The molecule has 1 saturated heterocycles. The van der Waals surface area contributed by atoms with E-state index < -0.39 is 5.82 Å². The third-order valence-corrected chi connectivity index (χ3v) is 5.16. The lowest BCUT2D eigenvalue weighted by Gasteiger charge is -2.14. The number of nitrogens with one attached hydrogen (secondary N) is 3. The Morgan fingerprint density at radius 1 is 1.43 bits per heavy atom. The van der Waals surface area contributed by atoms with Crippen molar-refractivity contribution in [2.75, 3.05) is 18.4 Å². The topological polar surface area (TPSA) is 119 Å². The van der Waals surface area contributed by atoms with Crippen molar-refractivity contribution in [1.29, 1.82) is 0 Å². The second-order valence-electron chi connectivity index (χ2n) is 6.91. The van der Waals surface area contributed by atoms with E-state index in [2.05, 4.69) is 30.7 Å². The molecule has 4 N–H and O–H groups in total. The van der Waals surface area contributed by atoms with Gasteiger partial charge in [-0.3, -0.25) is 15.5 Å². The number of fused-ring (bicyclic) bond motifs is 1. The lowest BCUT2D eigenvalue weighted by molar-refractivity contribution is -0.127. The Morgan fingerprint density at radius 2 is 2.27 bits per heavy atom. The average Bonchev–Trinajstić information content (AvgIpc) is 3.35. The van der Waals surface area contributed by atoms with Crippen LogP contribution in [-0.2, 0) is 4.79 Å². The number of carbonyl (C=O) groups excluding carboxylic acids is 1. The maximum Gasteiger partial charge on any atom is 0.219 e. The number of halogens is 2. The molecule has 3 aromatic rings. The first-order valence-electron chi connectivity index (χ1n) is 9.25. The number of nitrogens with zero attached hydrogens (tertiary/aromatic N) is 4. The number of amidine groups is 1. The van der Waals surface area contributed by atoms with Gasteiger partial charge in [-0.1, -0.05) is 11.6 Å². The molecule has 1 aliphatic rings. The number of likely N-dealkylation sites (tertiary alicyclic amines) is 1. The van der Waals surface area contributed by atoms with E-state index in [1.54, 1.807) is 24.1 Å². The van der Waals surface area contributed by atoms with E-state index >= 15 is 0 Å². The van der Waals surface area contributed by atoms with Gasteiger partial charge >= 0.3 is 0 Å². The minimum absolute atomic E-state index is 0.0450. The molecule has 0 radical (unpaired) electrons. The van der Waals surface area contributed by atoms with Gasteiger partial charge in [-0.2, -0.15) is 4.98 Å². The average molecular weight is 432 g/mol. The molecule has 1 unspecified atom stereocenters.